The van der Waals surface area contributed by atoms with E-state index in [4.69, 9.17) is 0 Å². The summed E-state index contributed by atoms with van der Waals surface area (Å²) < 4.78 is 2.19. The van der Waals surface area contributed by atoms with Gasteiger partial charge in [0.25, 0.3) is 0 Å². The van der Waals surface area contributed by atoms with Crippen molar-refractivity contribution in [2.75, 3.05) is 0 Å². The molecule has 0 aliphatic heterocycles. The molecule has 0 aliphatic carbocycles. The van der Waals surface area contributed by atoms with Crippen LogP contribution in [0.3, 0.4) is 0 Å². The lowest BCUT2D eigenvalue weighted by atomic mass is 10.2. The highest BCUT2D eigenvalue weighted by Gasteiger charge is 2.03. The first-order valence-electron chi connectivity index (χ1n) is 3.55. The van der Waals surface area contributed by atoms with Gasteiger partial charge in [0.15, 0.2) is 11.4 Å². The fourth-order valence-electron chi connectivity index (χ4n) is 1.17. The van der Waals surface area contributed by atoms with Gasteiger partial charge in [0.2, 0.25) is 0 Å². The fraction of sp³-hybridized carbons (Fsp3) is 0.444. The number of rotatable bonds is 0. The summed E-state index contributed by atoms with van der Waals surface area (Å²) in [5.41, 5.74) is 3.98. The van der Waals surface area contributed by atoms with Gasteiger partial charge in [0.1, 0.15) is 7.05 Å². The second kappa shape index (κ2) is 3.72. The molecule has 0 radical (unpaired) electrons. The van der Waals surface area contributed by atoms with Crippen molar-refractivity contribution in [2.24, 2.45) is 7.05 Å². The molecule has 62 valence electrons. The number of halogens is 1. The Morgan fingerprint density at radius 3 is 1.73 bits per heavy atom. The van der Waals surface area contributed by atoms with E-state index in [0.29, 0.717) is 0 Å². The maximum absolute atomic E-state index is 2.19. The number of aromatic nitrogens is 1. The van der Waals surface area contributed by atoms with Gasteiger partial charge in [-0.05, 0) is 12.5 Å². The summed E-state index contributed by atoms with van der Waals surface area (Å²) in [5.74, 6) is 0. The predicted molar refractivity (Wildman–Crippen MR) is 41.8 cm³/mol. The molecule has 0 saturated carbocycles. The average molecular weight is 172 g/mol. The summed E-state index contributed by atoms with van der Waals surface area (Å²) in [6.45, 7) is 6.38. The summed E-state index contributed by atoms with van der Waals surface area (Å²) in [5, 5.41) is 0. The van der Waals surface area contributed by atoms with E-state index in [9.17, 15) is 0 Å². The van der Waals surface area contributed by atoms with Crippen molar-refractivity contribution in [3.8, 4) is 0 Å². The summed E-state index contributed by atoms with van der Waals surface area (Å²) in [6, 6.07) is 4.38. The van der Waals surface area contributed by atoms with E-state index >= 15 is 0 Å². The third kappa shape index (κ3) is 2.19. The van der Waals surface area contributed by atoms with Gasteiger partial charge in [-0.2, -0.15) is 0 Å². The van der Waals surface area contributed by atoms with Crippen molar-refractivity contribution < 1.29 is 17.0 Å². The fourth-order valence-corrected chi connectivity index (χ4v) is 1.17. The van der Waals surface area contributed by atoms with Crippen molar-refractivity contribution in [3.05, 3.63) is 29.1 Å². The van der Waals surface area contributed by atoms with Crippen molar-refractivity contribution in [2.45, 2.75) is 20.8 Å². The first-order valence-corrected chi connectivity index (χ1v) is 3.55. The second-order valence-corrected chi connectivity index (χ2v) is 2.87. The van der Waals surface area contributed by atoms with Crippen LogP contribution in [0.15, 0.2) is 12.1 Å². The quantitative estimate of drug-likeness (QED) is 0.416. The third-order valence-corrected chi connectivity index (χ3v) is 1.93. The van der Waals surface area contributed by atoms with E-state index in [1.807, 2.05) is 0 Å². The van der Waals surface area contributed by atoms with Crippen molar-refractivity contribution in [1.29, 1.82) is 0 Å². The molecular formula is C9H14ClN. The Bertz CT molecular complexity index is 233. The molecule has 0 aromatic carbocycles. The number of nitrogens with zero attached hydrogens (tertiary/aromatic N) is 1. The number of hydrogen-bond acceptors (Lipinski definition) is 0. The second-order valence-electron chi connectivity index (χ2n) is 2.87. The highest BCUT2D eigenvalue weighted by molar-refractivity contribution is 5.13. The van der Waals surface area contributed by atoms with Gasteiger partial charge in [0, 0.05) is 26.0 Å². The SMILES string of the molecule is Cc1cc(C)[n+](C)c(C)c1.[Cl-]. The van der Waals surface area contributed by atoms with Crippen LogP contribution in [0.25, 0.3) is 0 Å². The standard InChI is InChI=1S/C9H14N.ClH/c1-7-5-8(2)10(4)9(3)6-7;/h5-6H,1-4H3;1H/q+1;/p-1. The number of aryl methyl sites for hydroxylation is 3. The molecule has 0 bridgehead atoms. The van der Waals surface area contributed by atoms with Gasteiger partial charge in [-0.3, -0.25) is 0 Å². The lowest BCUT2D eigenvalue weighted by Gasteiger charge is -1.98. The number of hydrogen-bond donors (Lipinski definition) is 0. The Hall–Kier alpha value is -0.560. The Balaban J connectivity index is 0.000001000. The summed E-state index contributed by atoms with van der Waals surface area (Å²) in [6.07, 6.45) is 0. The smallest absolute Gasteiger partial charge is 0.178 e. The molecule has 1 nitrogen and oxygen atoms in total. The Labute approximate surface area is 74.5 Å². The van der Waals surface area contributed by atoms with Crippen molar-refractivity contribution >= 4 is 0 Å². The Kier molecular flexibility index (Phi) is 3.53. The maximum atomic E-state index is 2.19. The summed E-state index contributed by atoms with van der Waals surface area (Å²) in [7, 11) is 2.09. The van der Waals surface area contributed by atoms with Crippen LogP contribution in [0.1, 0.15) is 17.0 Å². The van der Waals surface area contributed by atoms with Gasteiger partial charge in [-0.1, -0.05) is 0 Å². The summed E-state index contributed by atoms with van der Waals surface area (Å²) >= 11 is 0. The zero-order valence-corrected chi connectivity index (χ0v) is 8.24. The van der Waals surface area contributed by atoms with Crippen molar-refractivity contribution in [1.82, 2.24) is 0 Å². The molecule has 1 aromatic heterocycles. The van der Waals surface area contributed by atoms with Crippen LogP contribution in [-0.4, -0.2) is 0 Å². The largest absolute Gasteiger partial charge is 1.00 e. The van der Waals surface area contributed by atoms with E-state index in [0.717, 1.165) is 0 Å². The topological polar surface area (TPSA) is 3.88 Å². The van der Waals surface area contributed by atoms with Gasteiger partial charge in [-0.25, -0.2) is 4.57 Å². The minimum absolute atomic E-state index is 0. The van der Waals surface area contributed by atoms with Crippen LogP contribution in [-0.2, 0) is 7.05 Å². The zero-order valence-electron chi connectivity index (χ0n) is 7.48. The van der Waals surface area contributed by atoms with E-state index in [1.54, 1.807) is 0 Å². The lowest BCUT2D eigenvalue weighted by Crippen LogP contribution is -3.00. The molecule has 0 saturated heterocycles. The molecule has 2 heteroatoms. The molecule has 0 N–H and O–H groups in total. The van der Waals surface area contributed by atoms with Crippen molar-refractivity contribution in [3.63, 3.8) is 0 Å². The van der Waals surface area contributed by atoms with E-state index in [-0.39, 0.29) is 12.4 Å². The van der Waals surface area contributed by atoms with E-state index in [1.165, 1.54) is 17.0 Å². The molecule has 0 amide bonds. The van der Waals surface area contributed by atoms with E-state index < -0.39 is 0 Å². The molecule has 11 heavy (non-hydrogen) atoms. The van der Waals surface area contributed by atoms with E-state index in [2.05, 4.69) is 44.5 Å². The minimum Gasteiger partial charge on any atom is -1.00 e. The lowest BCUT2D eigenvalue weighted by molar-refractivity contribution is -0.683. The molecule has 0 atom stereocenters. The van der Waals surface area contributed by atoms with Gasteiger partial charge < -0.3 is 12.4 Å². The number of pyridine rings is 1. The normalized spacial score (nSPS) is 9.09. The molecule has 0 spiro atoms. The van der Waals surface area contributed by atoms with Crippen LogP contribution in [0.2, 0.25) is 0 Å². The molecule has 0 aliphatic rings. The van der Waals surface area contributed by atoms with Gasteiger partial charge in [0.05, 0.1) is 0 Å². The maximum Gasteiger partial charge on any atom is 0.178 e. The van der Waals surface area contributed by atoms with Crippen LogP contribution in [0.5, 0.6) is 0 Å². The Morgan fingerprint density at radius 1 is 1.00 bits per heavy atom. The van der Waals surface area contributed by atoms with Gasteiger partial charge in [-0.15, -0.1) is 0 Å². The van der Waals surface area contributed by atoms with Crippen LogP contribution < -0.4 is 17.0 Å². The zero-order chi connectivity index (χ0) is 7.72. The molecule has 1 rings (SSSR count). The van der Waals surface area contributed by atoms with Gasteiger partial charge >= 0.3 is 0 Å². The minimum atomic E-state index is 0. The summed E-state index contributed by atoms with van der Waals surface area (Å²) in [4.78, 5) is 0. The highest BCUT2D eigenvalue weighted by Crippen LogP contribution is 1.99. The Morgan fingerprint density at radius 2 is 1.36 bits per heavy atom. The molecule has 1 heterocycles. The molecule has 0 unspecified atom stereocenters. The third-order valence-electron chi connectivity index (χ3n) is 1.93. The molecule has 1 aromatic rings. The van der Waals surface area contributed by atoms with Crippen LogP contribution in [0, 0.1) is 20.8 Å². The monoisotopic (exact) mass is 171 g/mol. The highest BCUT2D eigenvalue weighted by atomic mass is 35.5. The van der Waals surface area contributed by atoms with Crippen LogP contribution in [0.4, 0.5) is 0 Å². The molecule has 0 fully saturated rings. The predicted octanol–water partition coefficient (Wildman–Crippen LogP) is -1.56. The first-order chi connectivity index (χ1) is 4.61. The average Bonchev–Trinajstić information content (AvgIpc) is 1.82. The molecular weight excluding hydrogens is 158 g/mol. The first kappa shape index (κ1) is 10.4. The van der Waals surface area contributed by atoms with Crippen LogP contribution >= 0.6 is 0 Å².